The van der Waals surface area contributed by atoms with Crippen molar-refractivity contribution in [2.75, 3.05) is 19.6 Å². The quantitative estimate of drug-likeness (QED) is 0.785. The first kappa shape index (κ1) is 11.5. The maximum atomic E-state index is 9.56. The van der Waals surface area contributed by atoms with Gasteiger partial charge in [-0.05, 0) is 55.1 Å². The van der Waals surface area contributed by atoms with E-state index in [1.165, 1.54) is 24.1 Å². The maximum absolute atomic E-state index is 9.56. The molecule has 2 nitrogen and oxygen atoms in total. The van der Waals surface area contributed by atoms with Gasteiger partial charge in [0.25, 0.3) is 0 Å². The van der Waals surface area contributed by atoms with Crippen LogP contribution in [0.3, 0.4) is 0 Å². The van der Waals surface area contributed by atoms with E-state index in [0.29, 0.717) is 11.7 Å². The monoisotopic (exact) mass is 219 g/mol. The standard InChI is InChI=1S/C14H21NO/c1-3-15-8-6-11(2)14-10-13(16)5-4-12(14)7-9-15/h4-5,10-11,16H,3,6-9H2,1-2H3/t11-/m1/s1. The van der Waals surface area contributed by atoms with E-state index in [9.17, 15) is 5.11 Å². The van der Waals surface area contributed by atoms with Gasteiger partial charge in [0.2, 0.25) is 0 Å². The molecule has 88 valence electrons. The molecule has 0 saturated carbocycles. The van der Waals surface area contributed by atoms with E-state index in [-0.39, 0.29) is 0 Å². The van der Waals surface area contributed by atoms with Crippen molar-refractivity contribution < 1.29 is 5.11 Å². The zero-order valence-corrected chi connectivity index (χ0v) is 10.2. The Hall–Kier alpha value is -1.02. The number of hydrogen-bond donors (Lipinski definition) is 1. The van der Waals surface area contributed by atoms with Crippen molar-refractivity contribution in [1.82, 2.24) is 4.90 Å². The van der Waals surface area contributed by atoms with E-state index in [0.717, 1.165) is 19.5 Å². The summed E-state index contributed by atoms with van der Waals surface area (Å²) < 4.78 is 0. The van der Waals surface area contributed by atoms with Gasteiger partial charge in [0, 0.05) is 6.54 Å². The summed E-state index contributed by atoms with van der Waals surface area (Å²) in [4.78, 5) is 2.51. The second-order valence-corrected chi connectivity index (χ2v) is 4.76. The van der Waals surface area contributed by atoms with Gasteiger partial charge in [0.1, 0.15) is 5.75 Å². The summed E-state index contributed by atoms with van der Waals surface area (Å²) in [6.45, 7) is 7.94. The van der Waals surface area contributed by atoms with Gasteiger partial charge in [0.15, 0.2) is 0 Å². The van der Waals surface area contributed by atoms with Crippen LogP contribution in [-0.4, -0.2) is 29.6 Å². The third-order valence-corrected chi connectivity index (χ3v) is 3.68. The third-order valence-electron chi connectivity index (χ3n) is 3.68. The van der Waals surface area contributed by atoms with Crippen LogP contribution in [0.4, 0.5) is 0 Å². The average molecular weight is 219 g/mol. The van der Waals surface area contributed by atoms with Crippen molar-refractivity contribution in [2.24, 2.45) is 0 Å². The molecule has 0 saturated heterocycles. The molecule has 0 bridgehead atoms. The molecule has 2 rings (SSSR count). The van der Waals surface area contributed by atoms with Gasteiger partial charge in [-0.15, -0.1) is 0 Å². The molecular weight excluding hydrogens is 198 g/mol. The lowest BCUT2D eigenvalue weighted by Gasteiger charge is -2.27. The van der Waals surface area contributed by atoms with Crippen LogP contribution in [0.15, 0.2) is 18.2 Å². The SMILES string of the molecule is CCN1CCc2ccc(O)cc2[C@H](C)CC1. The summed E-state index contributed by atoms with van der Waals surface area (Å²) in [5, 5.41) is 9.56. The van der Waals surface area contributed by atoms with Gasteiger partial charge in [-0.25, -0.2) is 0 Å². The van der Waals surface area contributed by atoms with E-state index in [4.69, 9.17) is 0 Å². The fraction of sp³-hybridized carbons (Fsp3) is 0.571. The molecule has 1 heterocycles. The van der Waals surface area contributed by atoms with Crippen molar-refractivity contribution >= 4 is 0 Å². The topological polar surface area (TPSA) is 23.5 Å². The molecule has 0 spiro atoms. The zero-order chi connectivity index (χ0) is 11.5. The average Bonchev–Trinajstić information content (AvgIpc) is 2.28. The largest absolute Gasteiger partial charge is 0.508 e. The van der Waals surface area contributed by atoms with E-state index in [1.807, 2.05) is 12.1 Å². The predicted octanol–water partition coefficient (Wildman–Crippen LogP) is 2.76. The highest BCUT2D eigenvalue weighted by Gasteiger charge is 2.16. The van der Waals surface area contributed by atoms with E-state index >= 15 is 0 Å². The number of likely N-dealkylation sites (N-methyl/N-ethyl adjacent to an activating group) is 1. The van der Waals surface area contributed by atoms with Crippen molar-refractivity contribution in [3.8, 4) is 5.75 Å². The molecule has 16 heavy (non-hydrogen) atoms. The highest BCUT2D eigenvalue weighted by Crippen LogP contribution is 2.28. The van der Waals surface area contributed by atoms with Crippen molar-refractivity contribution in [3.63, 3.8) is 0 Å². The van der Waals surface area contributed by atoms with Crippen LogP contribution in [0, 0.1) is 0 Å². The Morgan fingerprint density at radius 1 is 1.38 bits per heavy atom. The third kappa shape index (κ3) is 2.38. The molecule has 0 radical (unpaired) electrons. The Kier molecular flexibility index (Phi) is 3.49. The first-order valence-electron chi connectivity index (χ1n) is 6.25. The van der Waals surface area contributed by atoms with Crippen LogP contribution in [0.1, 0.15) is 37.3 Å². The molecule has 1 aromatic rings. The molecular formula is C14H21NO. The van der Waals surface area contributed by atoms with Gasteiger partial charge in [-0.3, -0.25) is 0 Å². The predicted molar refractivity (Wildman–Crippen MR) is 67.0 cm³/mol. The fourth-order valence-corrected chi connectivity index (χ4v) is 2.51. The number of aromatic hydroxyl groups is 1. The lowest BCUT2D eigenvalue weighted by atomic mass is 9.89. The maximum Gasteiger partial charge on any atom is 0.115 e. The van der Waals surface area contributed by atoms with E-state index in [2.05, 4.69) is 24.8 Å². The van der Waals surface area contributed by atoms with E-state index < -0.39 is 0 Å². The van der Waals surface area contributed by atoms with Crippen LogP contribution in [0.2, 0.25) is 0 Å². The first-order valence-corrected chi connectivity index (χ1v) is 6.25. The molecule has 2 heteroatoms. The van der Waals surface area contributed by atoms with Crippen LogP contribution in [0.5, 0.6) is 5.75 Å². The minimum atomic E-state index is 0.401. The van der Waals surface area contributed by atoms with Crippen LogP contribution in [0.25, 0.3) is 0 Å². The summed E-state index contributed by atoms with van der Waals surface area (Å²) in [5.74, 6) is 0.954. The van der Waals surface area contributed by atoms with E-state index in [1.54, 1.807) is 0 Å². The molecule has 0 fully saturated rings. The number of phenols is 1. The normalized spacial score (nSPS) is 22.2. The molecule has 1 aromatic carbocycles. The van der Waals surface area contributed by atoms with Crippen molar-refractivity contribution in [1.29, 1.82) is 0 Å². The Bertz CT molecular complexity index is 362. The highest BCUT2D eigenvalue weighted by atomic mass is 16.3. The number of fused-ring (bicyclic) bond motifs is 1. The molecule has 1 N–H and O–H groups in total. The highest BCUT2D eigenvalue weighted by molar-refractivity contribution is 5.37. The van der Waals surface area contributed by atoms with Crippen LogP contribution < -0.4 is 0 Å². The summed E-state index contributed by atoms with van der Waals surface area (Å²) in [7, 11) is 0. The Balaban J connectivity index is 2.26. The number of rotatable bonds is 1. The van der Waals surface area contributed by atoms with Gasteiger partial charge in [0.05, 0.1) is 0 Å². The number of nitrogens with zero attached hydrogens (tertiary/aromatic N) is 1. The summed E-state index contributed by atoms with van der Waals surface area (Å²) in [5.41, 5.74) is 2.75. The van der Waals surface area contributed by atoms with Crippen molar-refractivity contribution in [3.05, 3.63) is 29.3 Å². The molecule has 1 atom stereocenters. The second-order valence-electron chi connectivity index (χ2n) is 4.76. The molecule has 1 aliphatic heterocycles. The summed E-state index contributed by atoms with van der Waals surface area (Å²) >= 11 is 0. The molecule has 0 amide bonds. The fourth-order valence-electron chi connectivity index (χ4n) is 2.51. The van der Waals surface area contributed by atoms with Crippen LogP contribution >= 0.6 is 0 Å². The van der Waals surface area contributed by atoms with Crippen LogP contribution in [-0.2, 0) is 6.42 Å². The smallest absolute Gasteiger partial charge is 0.115 e. The molecule has 0 aliphatic carbocycles. The van der Waals surface area contributed by atoms with Gasteiger partial charge in [-0.1, -0.05) is 19.9 Å². The first-order chi connectivity index (χ1) is 7.70. The van der Waals surface area contributed by atoms with Gasteiger partial charge in [-0.2, -0.15) is 0 Å². The minimum absolute atomic E-state index is 0.401. The number of phenolic OH excluding ortho intramolecular Hbond substituents is 1. The lowest BCUT2D eigenvalue weighted by Crippen LogP contribution is -2.29. The molecule has 1 aliphatic rings. The lowest BCUT2D eigenvalue weighted by molar-refractivity contribution is 0.274. The second kappa shape index (κ2) is 4.88. The number of benzene rings is 1. The summed E-state index contributed by atoms with van der Waals surface area (Å²) in [6, 6.07) is 5.84. The zero-order valence-electron chi connectivity index (χ0n) is 10.2. The molecule has 0 aromatic heterocycles. The summed E-state index contributed by atoms with van der Waals surface area (Å²) in [6.07, 6.45) is 2.29. The van der Waals surface area contributed by atoms with Crippen molar-refractivity contribution in [2.45, 2.75) is 32.6 Å². The Labute approximate surface area is 97.9 Å². The van der Waals surface area contributed by atoms with Gasteiger partial charge < -0.3 is 10.0 Å². The minimum Gasteiger partial charge on any atom is -0.508 e. The Morgan fingerprint density at radius 3 is 2.94 bits per heavy atom. The molecule has 0 unspecified atom stereocenters. The Morgan fingerprint density at radius 2 is 2.19 bits per heavy atom. The number of hydrogen-bond acceptors (Lipinski definition) is 2. The van der Waals surface area contributed by atoms with Gasteiger partial charge >= 0.3 is 0 Å².